The molecule has 1 amide bonds. The van der Waals surface area contributed by atoms with E-state index in [1.54, 1.807) is 35.7 Å². The highest BCUT2D eigenvalue weighted by molar-refractivity contribution is 7.99. The quantitative estimate of drug-likeness (QED) is 0.400. The second kappa shape index (κ2) is 9.26. The van der Waals surface area contributed by atoms with Crippen molar-refractivity contribution in [1.29, 1.82) is 5.26 Å². The van der Waals surface area contributed by atoms with Crippen molar-refractivity contribution in [3.8, 4) is 17.5 Å². The first kappa shape index (κ1) is 20.4. The van der Waals surface area contributed by atoms with Crippen molar-refractivity contribution in [3.63, 3.8) is 0 Å². The average Bonchev–Trinajstić information content (AvgIpc) is 3.29. The fraction of sp³-hybridized carbons (Fsp3) is 0.111. The van der Waals surface area contributed by atoms with Crippen molar-refractivity contribution in [2.45, 2.75) is 11.7 Å². The Morgan fingerprint density at radius 2 is 2.18 bits per heavy atom. The second-order valence-corrected chi connectivity index (χ2v) is 8.12. The molecule has 1 aromatic carbocycles. The minimum Gasteiger partial charge on any atom is -0.316 e. The van der Waals surface area contributed by atoms with E-state index in [1.165, 1.54) is 23.1 Å². The van der Waals surface area contributed by atoms with Crippen LogP contribution in [-0.4, -0.2) is 26.4 Å². The maximum absolute atomic E-state index is 12.2. The van der Waals surface area contributed by atoms with Crippen LogP contribution in [0, 0.1) is 11.3 Å². The van der Waals surface area contributed by atoms with Crippen molar-refractivity contribution < 1.29 is 4.79 Å². The molecule has 3 aromatic rings. The van der Waals surface area contributed by atoms with Gasteiger partial charge >= 0.3 is 0 Å². The van der Waals surface area contributed by atoms with Crippen LogP contribution in [-0.2, 0) is 11.3 Å². The molecule has 0 radical (unpaired) electrons. The number of aromatic nitrogens is 3. The van der Waals surface area contributed by atoms with Gasteiger partial charge in [-0.25, -0.2) is 0 Å². The number of anilines is 1. The molecule has 0 bridgehead atoms. The number of amides is 1. The molecule has 0 aliphatic rings. The van der Waals surface area contributed by atoms with E-state index < -0.39 is 0 Å². The van der Waals surface area contributed by atoms with Crippen molar-refractivity contribution in [3.05, 3.63) is 57.9 Å². The molecule has 28 heavy (non-hydrogen) atoms. The van der Waals surface area contributed by atoms with E-state index in [9.17, 15) is 4.79 Å². The molecule has 2 aromatic heterocycles. The number of halogens is 2. The van der Waals surface area contributed by atoms with Crippen LogP contribution in [0.5, 0.6) is 0 Å². The van der Waals surface area contributed by atoms with E-state index in [2.05, 4.69) is 22.1 Å². The molecule has 0 fully saturated rings. The highest BCUT2D eigenvalue weighted by atomic mass is 35.5. The number of hydrogen-bond donors (Lipinski definition) is 1. The fourth-order valence-corrected chi connectivity index (χ4v) is 4.12. The number of rotatable bonds is 7. The number of thioether (sulfide) groups is 1. The molecule has 6 nitrogen and oxygen atoms in total. The molecule has 0 aliphatic heterocycles. The first-order valence-corrected chi connectivity index (χ1v) is 10.6. The lowest BCUT2D eigenvalue weighted by Gasteiger charge is -2.08. The number of nitrogens with one attached hydrogen (secondary N) is 1. The molecule has 3 rings (SSSR count). The van der Waals surface area contributed by atoms with Crippen LogP contribution < -0.4 is 5.32 Å². The van der Waals surface area contributed by atoms with Gasteiger partial charge in [-0.2, -0.15) is 5.26 Å². The molecule has 10 heteroatoms. The Balaban J connectivity index is 1.76. The van der Waals surface area contributed by atoms with Gasteiger partial charge in [-0.05, 0) is 29.6 Å². The highest BCUT2D eigenvalue weighted by Gasteiger charge is 2.16. The van der Waals surface area contributed by atoms with Crippen molar-refractivity contribution in [1.82, 2.24) is 14.8 Å². The molecule has 1 N–H and O–H groups in total. The first-order valence-electron chi connectivity index (χ1n) is 7.93. The van der Waals surface area contributed by atoms with Crippen LogP contribution in [0.1, 0.15) is 5.56 Å². The minimum atomic E-state index is -0.229. The molecule has 0 saturated carbocycles. The normalized spacial score (nSPS) is 10.5. The molecule has 0 aliphatic carbocycles. The first-order chi connectivity index (χ1) is 13.5. The number of benzene rings is 1. The van der Waals surface area contributed by atoms with Crippen molar-refractivity contribution in [2.75, 3.05) is 11.1 Å². The summed E-state index contributed by atoms with van der Waals surface area (Å²) in [5.74, 6) is 0.499. The van der Waals surface area contributed by atoms with E-state index in [4.69, 9.17) is 28.5 Å². The number of nitriles is 1. The molecule has 0 unspecified atom stereocenters. The molecule has 0 saturated heterocycles. The predicted octanol–water partition coefficient (Wildman–Crippen LogP) is 5.10. The third kappa shape index (κ3) is 4.56. The zero-order valence-corrected chi connectivity index (χ0v) is 17.5. The Kier molecular flexibility index (Phi) is 6.75. The average molecular weight is 450 g/mol. The zero-order valence-electron chi connectivity index (χ0n) is 14.4. The Bertz CT molecular complexity index is 1070. The van der Waals surface area contributed by atoms with Gasteiger partial charge < -0.3 is 5.32 Å². The summed E-state index contributed by atoms with van der Waals surface area (Å²) in [6.45, 7) is 4.23. The van der Waals surface area contributed by atoms with Gasteiger partial charge in [0.2, 0.25) is 5.91 Å². The van der Waals surface area contributed by atoms with Crippen LogP contribution in [0.25, 0.3) is 11.4 Å². The topological polar surface area (TPSA) is 83.6 Å². The Labute approximate surface area is 179 Å². The monoisotopic (exact) mass is 449 g/mol. The summed E-state index contributed by atoms with van der Waals surface area (Å²) in [5, 5.41) is 23.9. The number of hydrogen-bond acceptors (Lipinski definition) is 6. The van der Waals surface area contributed by atoms with E-state index in [0.717, 1.165) is 5.56 Å². The summed E-state index contributed by atoms with van der Waals surface area (Å²) in [7, 11) is 0. The lowest BCUT2D eigenvalue weighted by Crippen LogP contribution is -2.14. The number of carbonyl (C=O) groups is 1. The van der Waals surface area contributed by atoms with Crippen LogP contribution in [0.15, 0.2) is 47.5 Å². The zero-order chi connectivity index (χ0) is 20.1. The summed E-state index contributed by atoms with van der Waals surface area (Å²) in [6, 6.07) is 8.92. The van der Waals surface area contributed by atoms with Gasteiger partial charge in [-0.15, -0.1) is 28.1 Å². The summed E-state index contributed by atoms with van der Waals surface area (Å²) in [6.07, 6.45) is 1.72. The summed E-state index contributed by atoms with van der Waals surface area (Å²) in [5.41, 5.74) is 1.21. The lowest BCUT2D eigenvalue weighted by molar-refractivity contribution is -0.113. The predicted molar refractivity (Wildman–Crippen MR) is 114 cm³/mol. The maximum Gasteiger partial charge on any atom is 0.235 e. The van der Waals surface area contributed by atoms with Crippen LogP contribution in [0.3, 0.4) is 0 Å². The number of carbonyl (C=O) groups excluding carboxylic acids is 1. The third-order valence-electron chi connectivity index (χ3n) is 3.58. The van der Waals surface area contributed by atoms with Gasteiger partial charge in [-0.3, -0.25) is 9.36 Å². The van der Waals surface area contributed by atoms with Gasteiger partial charge in [0, 0.05) is 12.1 Å². The molecule has 0 atom stereocenters. The van der Waals surface area contributed by atoms with Crippen LogP contribution in [0.4, 0.5) is 5.00 Å². The van der Waals surface area contributed by atoms with Gasteiger partial charge in [0.25, 0.3) is 0 Å². The summed E-state index contributed by atoms with van der Waals surface area (Å²) < 4.78 is 1.84. The third-order valence-corrected chi connectivity index (χ3v) is 6.11. The summed E-state index contributed by atoms with van der Waals surface area (Å²) >= 11 is 14.6. The Hall–Kier alpha value is -2.31. The number of thiophene rings is 1. The minimum absolute atomic E-state index is 0.124. The van der Waals surface area contributed by atoms with Gasteiger partial charge in [0.15, 0.2) is 11.0 Å². The van der Waals surface area contributed by atoms with E-state index in [-0.39, 0.29) is 11.7 Å². The Morgan fingerprint density at radius 3 is 2.89 bits per heavy atom. The van der Waals surface area contributed by atoms with E-state index >= 15 is 0 Å². The number of allylic oxidation sites excluding steroid dienone is 1. The van der Waals surface area contributed by atoms with Crippen LogP contribution >= 0.6 is 46.3 Å². The number of nitrogens with zero attached hydrogens (tertiary/aromatic N) is 4. The van der Waals surface area contributed by atoms with Gasteiger partial charge in [-0.1, -0.05) is 41.0 Å². The standard InChI is InChI=1S/C18H13Cl2N5OS2/c1-2-6-25-16(11-3-4-13(19)14(20)8-11)23-24-18(25)28-10-15(26)22-17-12(9-21)5-7-27-17/h2-5,7-8H,1,6,10H2,(H,22,26). The maximum atomic E-state index is 12.2. The van der Waals surface area contributed by atoms with Crippen LogP contribution in [0.2, 0.25) is 10.0 Å². The Morgan fingerprint density at radius 1 is 1.36 bits per heavy atom. The molecule has 142 valence electrons. The SMILES string of the molecule is C=CCn1c(SCC(=O)Nc2sccc2C#N)nnc1-c1ccc(Cl)c(Cl)c1. The molecule has 0 spiro atoms. The van der Waals surface area contributed by atoms with E-state index in [0.29, 0.717) is 38.1 Å². The van der Waals surface area contributed by atoms with Gasteiger partial charge in [0.05, 0.1) is 21.4 Å². The molecular formula is C18H13Cl2N5OS2. The van der Waals surface area contributed by atoms with Crippen molar-refractivity contribution in [2.24, 2.45) is 0 Å². The molecule has 2 heterocycles. The second-order valence-electron chi connectivity index (χ2n) is 5.45. The van der Waals surface area contributed by atoms with E-state index in [1.807, 2.05) is 10.6 Å². The molecular weight excluding hydrogens is 437 g/mol. The highest BCUT2D eigenvalue weighted by Crippen LogP contribution is 2.30. The van der Waals surface area contributed by atoms with Crippen molar-refractivity contribution >= 4 is 57.2 Å². The smallest absolute Gasteiger partial charge is 0.235 e. The fourth-order valence-electron chi connectivity index (χ4n) is 2.32. The lowest BCUT2D eigenvalue weighted by atomic mass is 10.2. The summed E-state index contributed by atoms with van der Waals surface area (Å²) in [4.78, 5) is 12.2. The largest absolute Gasteiger partial charge is 0.316 e. The van der Waals surface area contributed by atoms with Gasteiger partial charge in [0.1, 0.15) is 11.1 Å².